The van der Waals surface area contributed by atoms with E-state index in [2.05, 4.69) is 27.8 Å². The molecule has 0 bridgehead atoms. The third-order valence-corrected chi connectivity index (χ3v) is 3.43. The molecule has 2 rings (SSSR count). The van der Waals surface area contributed by atoms with E-state index in [4.69, 9.17) is 0 Å². The summed E-state index contributed by atoms with van der Waals surface area (Å²) in [7, 11) is 0. The maximum atomic E-state index is 12.6. The number of hydrogen-bond donors (Lipinski definition) is 2. The van der Waals surface area contributed by atoms with Crippen molar-refractivity contribution in [3.05, 3.63) is 60.2 Å². The molecule has 0 unspecified atom stereocenters. The van der Waals surface area contributed by atoms with E-state index in [9.17, 15) is 4.79 Å². The number of hydrogen-bond acceptors (Lipinski definition) is 2. The Balaban J connectivity index is 2.17. The van der Waals surface area contributed by atoms with E-state index in [0.29, 0.717) is 11.5 Å². The highest BCUT2D eigenvalue weighted by atomic mass is 16.1. The summed E-state index contributed by atoms with van der Waals surface area (Å²) in [5.41, 5.74) is 2.32. The first kappa shape index (κ1) is 19.7. The molecule has 4 nitrogen and oxygen atoms in total. The quantitative estimate of drug-likeness (QED) is 0.612. The van der Waals surface area contributed by atoms with Crippen molar-refractivity contribution in [2.45, 2.75) is 52.6 Å². The summed E-state index contributed by atoms with van der Waals surface area (Å²) in [6.07, 6.45) is 0. The molecule has 0 saturated carbocycles. The van der Waals surface area contributed by atoms with Crippen LogP contribution < -0.4 is 10.6 Å². The molecule has 2 aromatic carbocycles. The van der Waals surface area contributed by atoms with Gasteiger partial charge in [0.1, 0.15) is 0 Å². The molecule has 2 N–H and O–H groups in total. The molecule has 0 aliphatic carbocycles. The normalized spacial score (nSPS) is 12.6. The topological polar surface area (TPSA) is 53.5 Å². The van der Waals surface area contributed by atoms with Crippen LogP contribution in [0.4, 0.5) is 0 Å². The fourth-order valence-electron chi connectivity index (χ4n) is 2.40. The van der Waals surface area contributed by atoms with Crippen LogP contribution in [0.5, 0.6) is 0 Å². The van der Waals surface area contributed by atoms with Crippen LogP contribution in [0.2, 0.25) is 0 Å². The van der Waals surface area contributed by atoms with Gasteiger partial charge in [-0.25, -0.2) is 4.99 Å². The summed E-state index contributed by atoms with van der Waals surface area (Å²) in [6.45, 7) is 12.1. The smallest absolute Gasteiger partial charge is 0.257 e. The molecular formula is C22H29N3O. The second kappa shape index (κ2) is 7.73. The largest absolute Gasteiger partial charge is 0.351 e. The Morgan fingerprint density at radius 2 is 1.35 bits per heavy atom. The molecule has 0 aliphatic rings. The van der Waals surface area contributed by atoms with Gasteiger partial charge in [-0.05, 0) is 64.8 Å². The standard InChI is InChI=1S/C22H29N3O/c1-21(2,3)24-20(25-22(4,5)6)23-19(26)18-14-12-17(13-15-18)16-10-8-7-9-11-16/h7-15H,1-6H3,(H2,23,24,25,26). The van der Waals surface area contributed by atoms with Gasteiger partial charge in [0, 0.05) is 11.1 Å². The number of amides is 1. The number of nitrogens with zero attached hydrogens (tertiary/aromatic N) is 1. The van der Waals surface area contributed by atoms with Crippen LogP contribution in [0, 0.1) is 0 Å². The summed E-state index contributed by atoms with van der Waals surface area (Å²) in [5.74, 6) is 0.312. The fraction of sp³-hybridized carbons (Fsp3) is 0.364. The Morgan fingerprint density at radius 3 is 1.85 bits per heavy atom. The van der Waals surface area contributed by atoms with Crippen LogP contribution in [0.3, 0.4) is 0 Å². The van der Waals surface area contributed by atoms with E-state index in [1.54, 1.807) is 0 Å². The Kier molecular flexibility index (Phi) is 5.86. The minimum Gasteiger partial charge on any atom is -0.351 e. The third-order valence-electron chi connectivity index (χ3n) is 3.43. The van der Waals surface area contributed by atoms with Gasteiger partial charge in [0.15, 0.2) is 5.96 Å². The van der Waals surface area contributed by atoms with Gasteiger partial charge >= 0.3 is 0 Å². The maximum absolute atomic E-state index is 12.6. The average molecular weight is 351 g/mol. The van der Waals surface area contributed by atoms with Crippen molar-refractivity contribution in [1.29, 1.82) is 0 Å². The van der Waals surface area contributed by atoms with Crippen molar-refractivity contribution in [3.8, 4) is 11.1 Å². The molecule has 0 heterocycles. The fourth-order valence-corrected chi connectivity index (χ4v) is 2.40. The van der Waals surface area contributed by atoms with E-state index in [-0.39, 0.29) is 17.0 Å². The SMILES string of the molecule is CC(C)(C)N=C(NC(=O)c1ccc(-c2ccccc2)cc1)NC(C)(C)C. The predicted molar refractivity (Wildman–Crippen MR) is 109 cm³/mol. The van der Waals surface area contributed by atoms with E-state index >= 15 is 0 Å². The van der Waals surface area contributed by atoms with Gasteiger partial charge in [-0.2, -0.15) is 0 Å². The van der Waals surface area contributed by atoms with Crippen LogP contribution in [-0.2, 0) is 0 Å². The predicted octanol–water partition coefficient (Wildman–Crippen LogP) is 4.63. The first-order valence-corrected chi connectivity index (χ1v) is 8.88. The summed E-state index contributed by atoms with van der Waals surface area (Å²) >= 11 is 0. The van der Waals surface area contributed by atoms with Crippen LogP contribution in [0.25, 0.3) is 11.1 Å². The summed E-state index contributed by atoms with van der Waals surface area (Å²) in [5, 5.41) is 6.17. The van der Waals surface area contributed by atoms with E-state index < -0.39 is 0 Å². The Bertz CT molecular complexity index is 764. The third kappa shape index (κ3) is 6.36. The molecule has 138 valence electrons. The molecule has 0 aliphatic heterocycles. The lowest BCUT2D eigenvalue weighted by molar-refractivity contribution is 0.0975. The van der Waals surface area contributed by atoms with Crippen molar-refractivity contribution in [2.24, 2.45) is 4.99 Å². The second-order valence-electron chi connectivity index (χ2n) is 8.40. The molecule has 26 heavy (non-hydrogen) atoms. The van der Waals surface area contributed by atoms with Gasteiger partial charge in [-0.1, -0.05) is 42.5 Å². The lowest BCUT2D eigenvalue weighted by Crippen LogP contribution is -2.50. The van der Waals surface area contributed by atoms with Gasteiger partial charge in [-0.3, -0.25) is 10.1 Å². The summed E-state index contributed by atoms with van der Waals surface area (Å²) in [6, 6.07) is 17.7. The van der Waals surface area contributed by atoms with Gasteiger partial charge < -0.3 is 5.32 Å². The van der Waals surface area contributed by atoms with Gasteiger partial charge in [0.05, 0.1) is 5.54 Å². The molecular weight excluding hydrogens is 322 g/mol. The number of carbonyl (C=O) groups is 1. The zero-order valence-corrected chi connectivity index (χ0v) is 16.6. The van der Waals surface area contributed by atoms with E-state index in [1.165, 1.54) is 0 Å². The molecule has 1 amide bonds. The highest BCUT2D eigenvalue weighted by Gasteiger charge is 2.18. The van der Waals surface area contributed by atoms with E-state index in [0.717, 1.165) is 11.1 Å². The molecule has 0 spiro atoms. The highest BCUT2D eigenvalue weighted by Crippen LogP contribution is 2.19. The van der Waals surface area contributed by atoms with Crippen molar-refractivity contribution >= 4 is 11.9 Å². The van der Waals surface area contributed by atoms with Crippen molar-refractivity contribution in [3.63, 3.8) is 0 Å². The van der Waals surface area contributed by atoms with Crippen LogP contribution in [0.1, 0.15) is 51.9 Å². The summed E-state index contributed by atoms with van der Waals surface area (Å²) < 4.78 is 0. The van der Waals surface area contributed by atoms with Crippen molar-refractivity contribution < 1.29 is 4.79 Å². The Labute approximate surface area is 156 Å². The number of rotatable bonds is 2. The molecule has 0 radical (unpaired) electrons. The molecule has 0 fully saturated rings. The van der Waals surface area contributed by atoms with Crippen LogP contribution in [0.15, 0.2) is 59.6 Å². The molecule has 4 heteroatoms. The first-order chi connectivity index (χ1) is 12.0. The lowest BCUT2D eigenvalue weighted by atomic mass is 10.0. The molecule has 0 saturated heterocycles. The first-order valence-electron chi connectivity index (χ1n) is 8.88. The number of guanidine groups is 1. The second-order valence-corrected chi connectivity index (χ2v) is 8.40. The van der Waals surface area contributed by atoms with Gasteiger partial charge in [0.25, 0.3) is 5.91 Å². The van der Waals surface area contributed by atoms with Crippen molar-refractivity contribution in [2.75, 3.05) is 0 Å². The number of carbonyl (C=O) groups excluding carboxylic acids is 1. The number of aliphatic imine (C=N–C) groups is 1. The summed E-state index contributed by atoms with van der Waals surface area (Å²) in [4.78, 5) is 17.2. The zero-order valence-electron chi connectivity index (χ0n) is 16.6. The monoisotopic (exact) mass is 351 g/mol. The molecule has 0 atom stereocenters. The minimum atomic E-state index is -0.294. The Hall–Kier alpha value is -2.62. The average Bonchev–Trinajstić information content (AvgIpc) is 2.52. The van der Waals surface area contributed by atoms with E-state index in [1.807, 2.05) is 84.0 Å². The zero-order chi connectivity index (χ0) is 19.4. The van der Waals surface area contributed by atoms with Crippen molar-refractivity contribution in [1.82, 2.24) is 10.6 Å². The Morgan fingerprint density at radius 1 is 0.808 bits per heavy atom. The van der Waals surface area contributed by atoms with Gasteiger partial charge in [-0.15, -0.1) is 0 Å². The molecule has 2 aromatic rings. The molecule has 0 aromatic heterocycles. The van der Waals surface area contributed by atoms with Crippen LogP contribution in [-0.4, -0.2) is 22.9 Å². The number of benzene rings is 2. The minimum absolute atomic E-state index is 0.177. The highest BCUT2D eigenvalue weighted by molar-refractivity contribution is 6.06. The van der Waals surface area contributed by atoms with Gasteiger partial charge in [0.2, 0.25) is 0 Å². The number of nitrogens with one attached hydrogen (secondary N) is 2. The lowest BCUT2D eigenvalue weighted by Gasteiger charge is -2.26. The maximum Gasteiger partial charge on any atom is 0.257 e. The van der Waals surface area contributed by atoms with Crippen LogP contribution >= 0.6 is 0 Å².